The number of methoxy groups -OCH3 is 2. The molecule has 0 aliphatic rings. The molecule has 0 aliphatic carbocycles. The van der Waals surface area contributed by atoms with Crippen molar-refractivity contribution in [3.05, 3.63) is 30.2 Å². The van der Waals surface area contributed by atoms with Crippen molar-refractivity contribution in [1.82, 2.24) is 9.97 Å². The fourth-order valence-corrected chi connectivity index (χ4v) is 1.59. The number of nitrogens with zero attached hydrogens (tertiary/aromatic N) is 1. The van der Waals surface area contributed by atoms with E-state index in [0.717, 1.165) is 5.56 Å². The van der Waals surface area contributed by atoms with Gasteiger partial charge >= 0.3 is 5.97 Å². The topological polar surface area (TPSA) is 84.4 Å². The van der Waals surface area contributed by atoms with Crippen LogP contribution in [0.25, 0.3) is 11.3 Å². The second kappa shape index (κ2) is 4.79. The van der Waals surface area contributed by atoms with Crippen LogP contribution in [0.2, 0.25) is 0 Å². The van der Waals surface area contributed by atoms with E-state index in [1.54, 1.807) is 25.3 Å². The highest BCUT2D eigenvalue weighted by Gasteiger charge is 2.13. The molecule has 1 aromatic carbocycles. The predicted octanol–water partition coefficient (Wildman–Crippen LogP) is 1.79. The number of hydrogen-bond acceptors (Lipinski definition) is 4. The SMILES string of the molecule is COc1ccc(-c2cnc(C(=O)O)[nH]2)c(OC)c1. The summed E-state index contributed by atoms with van der Waals surface area (Å²) in [7, 11) is 3.10. The maximum atomic E-state index is 10.8. The van der Waals surface area contributed by atoms with Crippen LogP contribution in [0, 0.1) is 0 Å². The number of ether oxygens (including phenoxy) is 2. The maximum absolute atomic E-state index is 10.8. The van der Waals surface area contributed by atoms with Crippen LogP contribution in [0.4, 0.5) is 0 Å². The Labute approximate surface area is 103 Å². The summed E-state index contributed by atoms with van der Waals surface area (Å²) in [5, 5.41) is 8.81. The van der Waals surface area contributed by atoms with E-state index in [4.69, 9.17) is 14.6 Å². The van der Waals surface area contributed by atoms with Crippen LogP contribution in [0.3, 0.4) is 0 Å². The lowest BCUT2D eigenvalue weighted by molar-refractivity contribution is 0.0685. The molecule has 1 heterocycles. The number of aromatic carboxylic acids is 1. The molecule has 0 amide bonds. The number of aromatic nitrogens is 2. The van der Waals surface area contributed by atoms with Gasteiger partial charge in [-0.2, -0.15) is 0 Å². The fraction of sp³-hybridized carbons (Fsp3) is 0.167. The fourth-order valence-electron chi connectivity index (χ4n) is 1.59. The van der Waals surface area contributed by atoms with Crippen LogP contribution in [-0.2, 0) is 0 Å². The molecule has 6 heteroatoms. The van der Waals surface area contributed by atoms with Crippen molar-refractivity contribution in [1.29, 1.82) is 0 Å². The summed E-state index contributed by atoms with van der Waals surface area (Å²) >= 11 is 0. The summed E-state index contributed by atoms with van der Waals surface area (Å²) in [5.74, 6) is 0.0279. The number of benzene rings is 1. The number of carbonyl (C=O) groups is 1. The average Bonchev–Trinajstić information content (AvgIpc) is 2.87. The molecule has 6 nitrogen and oxygen atoms in total. The molecule has 94 valence electrons. The molecule has 0 atom stereocenters. The smallest absolute Gasteiger partial charge is 0.371 e. The molecule has 0 saturated heterocycles. The molecule has 0 bridgehead atoms. The van der Waals surface area contributed by atoms with E-state index in [0.29, 0.717) is 17.2 Å². The van der Waals surface area contributed by atoms with E-state index < -0.39 is 5.97 Å². The Kier molecular flexibility index (Phi) is 3.18. The van der Waals surface area contributed by atoms with Gasteiger partial charge in [-0.3, -0.25) is 0 Å². The minimum absolute atomic E-state index is 0.108. The van der Waals surface area contributed by atoms with E-state index in [2.05, 4.69) is 9.97 Å². The first kappa shape index (κ1) is 12.0. The highest BCUT2D eigenvalue weighted by Crippen LogP contribution is 2.32. The first-order valence-electron chi connectivity index (χ1n) is 5.16. The van der Waals surface area contributed by atoms with E-state index in [1.807, 2.05) is 0 Å². The number of imidazole rings is 1. The molecule has 2 N–H and O–H groups in total. The number of carboxylic acids is 1. The van der Waals surface area contributed by atoms with Gasteiger partial charge in [0.2, 0.25) is 5.82 Å². The minimum atomic E-state index is -1.10. The molecule has 0 fully saturated rings. The largest absolute Gasteiger partial charge is 0.497 e. The van der Waals surface area contributed by atoms with Gasteiger partial charge in [-0.1, -0.05) is 0 Å². The average molecular weight is 248 g/mol. The molecule has 2 aromatic rings. The van der Waals surface area contributed by atoms with Gasteiger partial charge in [0.15, 0.2) is 0 Å². The van der Waals surface area contributed by atoms with Gasteiger partial charge in [-0.15, -0.1) is 0 Å². The van der Waals surface area contributed by atoms with Crippen molar-refractivity contribution in [3.63, 3.8) is 0 Å². The maximum Gasteiger partial charge on any atom is 0.371 e. The Balaban J connectivity index is 2.45. The highest BCUT2D eigenvalue weighted by molar-refractivity contribution is 5.84. The van der Waals surface area contributed by atoms with Gasteiger partial charge in [0.05, 0.1) is 26.1 Å². The third-order valence-electron chi connectivity index (χ3n) is 2.48. The lowest BCUT2D eigenvalue weighted by Crippen LogP contribution is -1.98. The monoisotopic (exact) mass is 248 g/mol. The number of carboxylic acid groups (broad SMARTS) is 1. The van der Waals surface area contributed by atoms with Crippen molar-refractivity contribution in [2.24, 2.45) is 0 Å². The second-order valence-electron chi connectivity index (χ2n) is 3.52. The zero-order valence-corrected chi connectivity index (χ0v) is 9.93. The third kappa shape index (κ3) is 2.13. The van der Waals surface area contributed by atoms with Gasteiger partial charge in [0.1, 0.15) is 11.5 Å². The summed E-state index contributed by atoms with van der Waals surface area (Å²) in [6.07, 6.45) is 1.45. The Morgan fingerprint density at radius 3 is 2.67 bits per heavy atom. The first-order valence-corrected chi connectivity index (χ1v) is 5.16. The van der Waals surface area contributed by atoms with Crippen LogP contribution >= 0.6 is 0 Å². The molecular formula is C12H12N2O4. The number of rotatable bonds is 4. The molecule has 1 aromatic heterocycles. The van der Waals surface area contributed by atoms with E-state index in [9.17, 15) is 4.79 Å². The molecule has 0 unspecified atom stereocenters. The lowest BCUT2D eigenvalue weighted by Gasteiger charge is -2.08. The van der Waals surface area contributed by atoms with Gasteiger partial charge in [0, 0.05) is 11.6 Å². The van der Waals surface area contributed by atoms with Crippen LogP contribution in [0.15, 0.2) is 24.4 Å². The minimum Gasteiger partial charge on any atom is -0.497 e. The van der Waals surface area contributed by atoms with Gasteiger partial charge < -0.3 is 19.6 Å². The Hall–Kier alpha value is -2.50. The van der Waals surface area contributed by atoms with Crippen molar-refractivity contribution >= 4 is 5.97 Å². The Bertz CT molecular complexity index is 577. The van der Waals surface area contributed by atoms with E-state index in [1.165, 1.54) is 13.3 Å². The lowest BCUT2D eigenvalue weighted by atomic mass is 10.1. The molecule has 0 saturated carbocycles. The van der Waals surface area contributed by atoms with Crippen LogP contribution in [0.1, 0.15) is 10.6 Å². The van der Waals surface area contributed by atoms with Crippen molar-refractivity contribution < 1.29 is 19.4 Å². The Morgan fingerprint density at radius 1 is 1.33 bits per heavy atom. The zero-order chi connectivity index (χ0) is 13.1. The molecule has 0 spiro atoms. The summed E-state index contributed by atoms with van der Waals surface area (Å²) in [6, 6.07) is 5.26. The molecule has 0 radical (unpaired) electrons. The van der Waals surface area contributed by atoms with Gasteiger partial charge in [-0.05, 0) is 12.1 Å². The van der Waals surface area contributed by atoms with E-state index >= 15 is 0 Å². The van der Waals surface area contributed by atoms with Crippen LogP contribution in [-0.4, -0.2) is 35.3 Å². The summed E-state index contributed by atoms with van der Waals surface area (Å²) < 4.78 is 10.3. The molecule has 0 aliphatic heterocycles. The number of aromatic amines is 1. The molecule has 18 heavy (non-hydrogen) atoms. The van der Waals surface area contributed by atoms with Crippen molar-refractivity contribution in [2.75, 3.05) is 14.2 Å². The zero-order valence-electron chi connectivity index (χ0n) is 9.93. The Morgan fingerprint density at radius 2 is 2.11 bits per heavy atom. The number of H-pyrrole nitrogens is 1. The van der Waals surface area contributed by atoms with Gasteiger partial charge in [-0.25, -0.2) is 9.78 Å². The van der Waals surface area contributed by atoms with Crippen molar-refractivity contribution in [3.8, 4) is 22.8 Å². The van der Waals surface area contributed by atoms with Crippen LogP contribution in [0.5, 0.6) is 11.5 Å². The summed E-state index contributed by atoms with van der Waals surface area (Å²) in [4.78, 5) is 17.2. The number of nitrogens with one attached hydrogen (secondary N) is 1. The normalized spacial score (nSPS) is 10.1. The summed E-state index contributed by atoms with van der Waals surface area (Å²) in [6.45, 7) is 0. The highest BCUT2D eigenvalue weighted by atomic mass is 16.5. The van der Waals surface area contributed by atoms with Gasteiger partial charge in [0.25, 0.3) is 0 Å². The van der Waals surface area contributed by atoms with Crippen LogP contribution < -0.4 is 9.47 Å². The number of hydrogen-bond donors (Lipinski definition) is 2. The third-order valence-corrected chi connectivity index (χ3v) is 2.48. The first-order chi connectivity index (χ1) is 8.65. The quantitative estimate of drug-likeness (QED) is 0.861. The summed E-state index contributed by atoms with van der Waals surface area (Å²) in [5.41, 5.74) is 1.30. The molecular weight excluding hydrogens is 236 g/mol. The molecule has 2 rings (SSSR count). The van der Waals surface area contributed by atoms with Crippen molar-refractivity contribution in [2.45, 2.75) is 0 Å². The predicted molar refractivity (Wildman–Crippen MR) is 64.1 cm³/mol. The second-order valence-corrected chi connectivity index (χ2v) is 3.52. The van der Waals surface area contributed by atoms with E-state index in [-0.39, 0.29) is 5.82 Å². The standard InChI is InChI=1S/C12H12N2O4/c1-17-7-3-4-8(10(5-7)18-2)9-6-13-11(14-9)12(15)16/h3-6H,1-2H3,(H,13,14)(H,15,16).